The van der Waals surface area contributed by atoms with Gasteiger partial charge in [0.05, 0.1) is 11.7 Å². The molecular formula is C25H33N5O2. The van der Waals surface area contributed by atoms with Crippen LogP contribution >= 0.6 is 0 Å². The average molecular weight is 436 g/mol. The van der Waals surface area contributed by atoms with Crippen molar-refractivity contribution in [3.05, 3.63) is 40.8 Å². The van der Waals surface area contributed by atoms with E-state index in [-0.39, 0.29) is 11.5 Å². The van der Waals surface area contributed by atoms with E-state index in [1.165, 1.54) is 36.8 Å². The summed E-state index contributed by atoms with van der Waals surface area (Å²) in [5.41, 5.74) is 1.34. The summed E-state index contributed by atoms with van der Waals surface area (Å²) in [4.78, 5) is 31.5. The van der Waals surface area contributed by atoms with Crippen LogP contribution in [-0.4, -0.2) is 62.3 Å². The first-order valence-electron chi connectivity index (χ1n) is 12.1. The Hall–Kier alpha value is -2.67. The Morgan fingerprint density at radius 3 is 2.50 bits per heavy atom. The van der Waals surface area contributed by atoms with Gasteiger partial charge in [-0.05, 0) is 25.3 Å². The second-order valence-electron chi connectivity index (χ2n) is 9.30. The van der Waals surface area contributed by atoms with Crippen LogP contribution in [0.2, 0.25) is 0 Å². The van der Waals surface area contributed by atoms with Gasteiger partial charge in [0.25, 0.3) is 5.56 Å². The molecule has 170 valence electrons. The van der Waals surface area contributed by atoms with Gasteiger partial charge in [0.15, 0.2) is 0 Å². The van der Waals surface area contributed by atoms with Crippen molar-refractivity contribution in [3.8, 4) is 0 Å². The first-order chi connectivity index (χ1) is 15.6. The summed E-state index contributed by atoms with van der Waals surface area (Å²) < 4.78 is 3.34. The highest BCUT2D eigenvalue weighted by molar-refractivity contribution is 6.08. The second kappa shape index (κ2) is 8.70. The largest absolute Gasteiger partial charge is 0.338 e. The van der Waals surface area contributed by atoms with E-state index in [9.17, 15) is 9.59 Å². The fourth-order valence-electron chi connectivity index (χ4n) is 5.74. The standard InChI is InChI=1S/C25H33N5O2/c1-3-21(24(31)29-15-13-28(14-16-29)18-9-5-4-6-10-18)30-22-12-8-7-11-19(22)20-17-26-27(2)25(32)23(20)30/h7-8,11-12,17-18,21H,3-6,9-10,13-16H2,1-2H3/t21-/m1/s1. The summed E-state index contributed by atoms with van der Waals surface area (Å²) >= 11 is 0. The molecule has 1 amide bonds. The number of carbonyl (C=O) groups is 1. The van der Waals surface area contributed by atoms with Crippen LogP contribution in [0.5, 0.6) is 0 Å². The number of piperazine rings is 1. The van der Waals surface area contributed by atoms with E-state index in [0.717, 1.165) is 42.5 Å². The highest BCUT2D eigenvalue weighted by Gasteiger charge is 2.32. The number of aromatic nitrogens is 3. The number of para-hydroxylation sites is 1. The van der Waals surface area contributed by atoms with Crippen molar-refractivity contribution in [2.45, 2.75) is 57.5 Å². The van der Waals surface area contributed by atoms with Crippen LogP contribution in [0.25, 0.3) is 21.8 Å². The molecule has 7 nitrogen and oxygen atoms in total. The van der Waals surface area contributed by atoms with Crippen LogP contribution < -0.4 is 5.56 Å². The molecule has 2 aromatic heterocycles. The highest BCUT2D eigenvalue weighted by atomic mass is 16.2. The Morgan fingerprint density at radius 1 is 1.06 bits per heavy atom. The molecule has 1 saturated carbocycles. The molecule has 32 heavy (non-hydrogen) atoms. The van der Waals surface area contributed by atoms with Gasteiger partial charge < -0.3 is 9.47 Å². The number of carbonyl (C=O) groups excluding carboxylic acids is 1. The predicted octanol–water partition coefficient (Wildman–Crippen LogP) is 3.32. The maximum atomic E-state index is 13.8. The Balaban J connectivity index is 1.47. The summed E-state index contributed by atoms with van der Waals surface area (Å²) in [6, 6.07) is 8.25. The van der Waals surface area contributed by atoms with Crippen molar-refractivity contribution < 1.29 is 4.79 Å². The SMILES string of the molecule is CC[C@H](C(=O)N1CCN(C2CCCCC2)CC1)n1c2ccccc2c2cnn(C)c(=O)c21. The Bertz CT molecular complexity index is 1180. The lowest BCUT2D eigenvalue weighted by Crippen LogP contribution is -2.53. The van der Waals surface area contributed by atoms with Gasteiger partial charge >= 0.3 is 0 Å². The number of hydrogen-bond donors (Lipinski definition) is 0. The Kier molecular flexibility index (Phi) is 5.76. The molecule has 0 N–H and O–H groups in total. The molecule has 2 aliphatic rings. The fraction of sp³-hybridized carbons (Fsp3) is 0.560. The maximum Gasteiger partial charge on any atom is 0.291 e. The molecule has 2 fully saturated rings. The van der Waals surface area contributed by atoms with E-state index >= 15 is 0 Å². The Labute approximate surface area is 188 Å². The number of fused-ring (bicyclic) bond motifs is 3. The average Bonchev–Trinajstić information content (AvgIpc) is 3.17. The summed E-state index contributed by atoms with van der Waals surface area (Å²) in [7, 11) is 1.66. The molecule has 0 spiro atoms. The molecule has 1 atom stereocenters. The van der Waals surface area contributed by atoms with Gasteiger partial charge in [0.1, 0.15) is 11.6 Å². The van der Waals surface area contributed by atoms with E-state index in [4.69, 9.17) is 0 Å². The minimum absolute atomic E-state index is 0.123. The van der Waals surface area contributed by atoms with Gasteiger partial charge in [-0.15, -0.1) is 0 Å². The van der Waals surface area contributed by atoms with Gasteiger partial charge in [-0.25, -0.2) is 4.68 Å². The van der Waals surface area contributed by atoms with Crippen LogP contribution in [0.4, 0.5) is 0 Å². The Morgan fingerprint density at radius 2 is 1.78 bits per heavy atom. The summed E-state index contributed by atoms with van der Waals surface area (Å²) in [6.45, 7) is 5.47. The molecule has 0 bridgehead atoms. The number of amides is 1. The number of hydrogen-bond acceptors (Lipinski definition) is 4. The number of rotatable bonds is 4. The van der Waals surface area contributed by atoms with E-state index in [0.29, 0.717) is 18.0 Å². The van der Waals surface area contributed by atoms with Gasteiger partial charge in [-0.1, -0.05) is 44.4 Å². The van der Waals surface area contributed by atoms with E-state index < -0.39 is 6.04 Å². The minimum Gasteiger partial charge on any atom is -0.338 e. The molecule has 3 aromatic rings. The van der Waals surface area contributed by atoms with E-state index in [1.807, 2.05) is 40.7 Å². The van der Waals surface area contributed by atoms with Crippen LogP contribution in [-0.2, 0) is 11.8 Å². The predicted molar refractivity (Wildman–Crippen MR) is 127 cm³/mol. The molecule has 1 aromatic carbocycles. The van der Waals surface area contributed by atoms with Crippen molar-refractivity contribution in [2.75, 3.05) is 26.2 Å². The van der Waals surface area contributed by atoms with Crippen molar-refractivity contribution in [1.82, 2.24) is 24.1 Å². The second-order valence-corrected chi connectivity index (χ2v) is 9.30. The monoisotopic (exact) mass is 435 g/mol. The lowest BCUT2D eigenvalue weighted by atomic mass is 9.94. The van der Waals surface area contributed by atoms with E-state index in [2.05, 4.69) is 10.00 Å². The molecule has 1 aliphatic carbocycles. The topological polar surface area (TPSA) is 63.4 Å². The lowest BCUT2D eigenvalue weighted by molar-refractivity contribution is -0.136. The van der Waals surface area contributed by atoms with Gasteiger partial charge in [0, 0.05) is 50.0 Å². The number of nitrogens with zero attached hydrogens (tertiary/aromatic N) is 5. The molecule has 1 saturated heterocycles. The third-order valence-corrected chi connectivity index (χ3v) is 7.51. The normalized spacial score (nSPS) is 19.6. The van der Waals surface area contributed by atoms with Gasteiger partial charge in [-0.2, -0.15) is 5.10 Å². The summed E-state index contributed by atoms with van der Waals surface area (Å²) in [6.07, 6.45) is 9.00. The smallest absolute Gasteiger partial charge is 0.291 e. The quantitative estimate of drug-likeness (QED) is 0.631. The zero-order chi connectivity index (χ0) is 22.2. The maximum absolute atomic E-state index is 13.8. The van der Waals surface area contributed by atoms with E-state index in [1.54, 1.807) is 13.2 Å². The van der Waals surface area contributed by atoms with Crippen LogP contribution in [0.15, 0.2) is 35.3 Å². The first kappa shape index (κ1) is 21.2. The van der Waals surface area contributed by atoms with Crippen LogP contribution in [0.3, 0.4) is 0 Å². The lowest BCUT2D eigenvalue weighted by Gasteiger charge is -2.41. The number of aryl methyl sites for hydroxylation is 1. The number of benzene rings is 1. The van der Waals surface area contributed by atoms with Crippen molar-refractivity contribution >= 4 is 27.7 Å². The molecule has 7 heteroatoms. The third kappa shape index (κ3) is 3.52. The molecule has 0 unspecified atom stereocenters. The molecule has 5 rings (SSSR count). The zero-order valence-corrected chi connectivity index (χ0v) is 19.2. The zero-order valence-electron chi connectivity index (χ0n) is 19.2. The third-order valence-electron chi connectivity index (χ3n) is 7.51. The minimum atomic E-state index is -0.395. The molecular weight excluding hydrogens is 402 g/mol. The molecule has 1 aliphatic heterocycles. The highest BCUT2D eigenvalue weighted by Crippen LogP contribution is 2.32. The van der Waals surface area contributed by atoms with Gasteiger partial charge in [0.2, 0.25) is 5.91 Å². The van der Waals surface area contributed by atoms with Crippen molar-refractivity contribution in [2.24, 2.45) is 7.05 Å². The first-order valence-corrected chi connectivity index (χ1v) is 12.1. The van der Waals surface area contributed by atoms with Gasteiger partial charge in [-0.3, -0.25) is 14.5 Å². The van der Waals surface area contributed by atoms with Crippen molar-refractivity contribution in [3.63, 3.8) is 0 Å². The summed E-state index contributed by atoms with van der Waals surface area (Å²) in [5, 5.41) is 6.02. The van der Waals surface area contributed by atoms with Crippen LogP contribution in [0.1, 0.15) is 51.5 Å². The summed E-state index contributed by atoms with van der Waals surface area (Å²) in [5.74, 6) is 0.123. The van der Waals surface area contributed by atoms with Crippen LogP contribution in [0, 0.1) is 0 Å². The molecule has 0 radical (unpaired) electrons. The fourth-order valence-corrected chi connectivity index (χ4v) is 5.74. The van der Waals surface area contributed by atoms with Crippen molar-refractivity contribution in [1.29, 1.82) is 0 Å². The molecule has 3 heterocycles.